The number of nitrogens with zero attached hydrogens (tertiary/aromatic N) is 2. The minimum absolute atomic E-state index is 0.503. The van der Waals surface area contributed by atoms with Crippen molar-refractivity contribution in [2.45, 2.75) is 33.2 Å². The second-order valence-electron chi connectivity index (χ2n) is 5.29. The van der Waals surface area contributed by atoms with Gasteiger partial charge in [0.25, 0.3) is 0 Å². The van der Waals surface area contributed by atoms with E-state index in [-0.39, 0.29) is 0 Å². The Labute approximate surface area is 109 Å². The number of rotatable bonds is 6. The molecule has 3 N–H and O–H groups in total. The summed E-state index contributed by atoms with van der Waals surface area (Å²) in [4.78, 5) is 8.81. The Morgan fingerprint density at radius 1 is 1.33 bits per heavy atom. The highest BCUT2D eigenvalue weighted by atomic mass is 15.1. The molecule has 0 amide bonds. The van der Waals surface area contributed by atoms with Crippen molar-refractivity contribution in [2.75, 3.05) is 30.3 Å². The van der Waals surface area contributed by atoms with Crippen molar-refractivity contribution in [3.63, 3.8) is 0 Å². The molecular formula is C13H23N5. The average molecular weight is 249 g/mol. The van der Waals surface area contributed by atoms with Crippen LogP contribution in [0.25, 0.3) is 0 Å². The highest BCUT2D eigenvalue weighted by molar-refractivity contribution is 5.48. The van der Waals surface area contributed by atoms with E-state index in [2.05, 4.69) is 39.8 Å². The third kappa shape index (κ3) is 3.84. The Hall–Kier alpha value is -1.36. The van der Waals surface area contributed by atoms with Gasteiger partial charge in [-0.3, -0.25) is 0 Å². The number of hydrogen-bond acceptors (Lipinski definition) is 5. The minimum Gasteiger partial charge on any atom is -0.370 e. The lowest BCUT2D eigenvalue weighted by Gasteiger charge is -2.28. The third-order valence-corrected chi connectivity index (χ3v) is 3.00. The lowest BCUT2D eigenvalue weighted by molar-refractivity contribution is 0.471. The highest BCUT2D eigenvalue weighted by Gasteiger charge is 2.16. The zero-order valence-electron chi connectivity index (χ0n) is 11.5. The molecule has 1 fully saturated rings. The molecule has 0 atom stereocenters. The molecule has 1 aromatic heterocycles. The van der Waals surface area contributed by atoms with E-state index in [1.54, 1.807) is 0 Å². The van der Waals surface area contributed by atoms with E-state index >= 15 is 0 Å². The smallest absolute Gasteiger partial charge is 0.132 e. The van der Waals surface area contributed by atoms with Gasteiger partial charge in [0, 0.05) is 25.7 Å². The number of aromatic nitrogens is 2. The summed E-state index contributed by atoms with van der Waals surface area (Å²) in [6.45, 7) is 9.36. The predicted molar refractivity (Wildman–Crippen MR) is 75.0 cm³/mol. The molecule has 0 bridgehead atoms. The molecular weight excluding hydrogens is 226 g/mol. The van der Waals surface area contributed by atoms with E-state index in [4.69, 9.17) is 0 Å². The van der Waals surface area contributed by atoms with Gasteiger partial charge in [-0.25, -0.2) is 9.97 Å². The normalized spacial score (nSPS) is 15.6. The van der Waals surface area contributed by atoms with Gasteiger partial charge in [0.05, 0.1) is 6.04 Å². The van der Waals surface area contributed by atoms with E-state index in [9.17, 15) is 0 Å². The van der Waals surface area contributed by atoms with Crippen LogP contribution >= 0.6 is 0 Å². The molecule has 0 radical (unpaired) electrons. The summed E-state index contributed by atoms with van der Waals surface area (Å²) in [7, 11) is 0. The lowest BCUT2D eigenvalue weighted by atomic mass is 10.1. The predicted octanol–water partition coefficient (Wildman–Crippen LogP) is 1.63. The summed E-state index contributed by atoms with van der Waals surface area (Å²) in [5, 5.41) is 10.0. The first-order chi connectivity index (χ1) is 8.63. The molecule has 1 aliphatic rings. The van der Waals surface area contributed by atoms with Crippen molar-refractivity contribution in [1.82, 2.24) is 15.3 Å². The fraction of sp³-hybridized carbons (Fsp3) is 0.692. The monoisotopic (exact) mass is 249 g/mol. The summed E-state index contributed by atoms with van der Waals surface area (Å²) in [5.74, 6) is 3.34. The molecule has 0 saturated carbocycles. The Morgan fingerprint density at radius 3 is 2.67 bits per heavy atom. The maximum atomic E-state index is 4.41. The molecule has 0 aliphatic carbocycles. The van der Waals surface area contributed by atoms with Gasteiger partial charge in [0.1, 0.15) is 17.5 Å². The van der Waals surface area contributed by atoms with Crippen LogP contribution in [0.1, 0.15) is 26.1 Å². The van der Waals surface area contributed by atoms with Crippen molar-refractivity contribution < 1.29 is 0 Å². The quantitative estimate of drug-likeness (QED) is 0.715. The van der Waals surface area contributed by atoms with E-state index in [0.717, 1.165) is 43.5 Å². The van der Waals surface area contributed by atoms with E-state index < -0.39 is 0 Å². The Kier molecular flexibility index (Phi) is 4.36. The molecule has 1 saturated heterocycles. The second kappa shape index (κ2) is 6.00. The van der Waals surface area contributed by atoms with Crippen molar-refractivity contribution in [1.29, 1.82) is 0 Å². The summed E-state index contributed by atoms with van der Waals surface area (Å²) in [5.41, 5.74) is 0. The summed E-state index contributed by atoms with van der Waals surface area (Å²) in [6.07, 6.45) is 1.15. The molecule has 0 aromatic carbocycles. The molecule has 100 valence electrons. The highest BCUT2D eigenvalue weighted by Crippen LogP contribution is 2.13. The van der Waals surface area contributed by atoms with Gasteiger partial charge in [-0.2, -0.15) is 0 Å². The SMILES string of the molecule is Cc1nc(NCCC(C)C)cc(NC2CNC2)n1. The Bertz CT molecular complexity index is 387. The first-order valence-corrected chi connectivity index (χ1v) is 6.70. The second-order valence-corrected chi connectivity index (χ2v) is 5.29. The van der Waals surface area contributed by atoms with Gasteiger partial charge in [0.15, 0.2) is 0 Å². The van der Waals surface area contributed by atoms with E-state index in [1.165, 1.54) is 0 Å². The van der Waals surface area contributed by atoms with Gasteiger partial charge < -0.3 is 16.0 Å². The van der Waals surface area contributed by atoms with Crippen molar-refractivity contribution in [2.24, 2.45) is 5.92 Å². The minimum atomic E-state index is 0.503. The topological polar surface area (TPSA) is 61.9 Å². The van der Waals surface area contributed by atoms with Crippen LogP contribution in [0.4, 0.5) is 11.6 Å². The van der Waals surface area contributed by atoms with Crippen molar-refractivity contribution >= 4 is 11.6 Å². The third-order valence-electron chi connectivity index (χ3n) is 3.00. The lowest BCUT2D eigenvalue weighted by Crippen LogP contribution is -2.51. The molecule has 5 heteroatoms. The average Bonchev–Trinajstić information content (AvgIpc) is 2.22. The van der Waals surface area contributed by atoms with Gasteiger partial charge in [-0.15, -0.1) is 0 Å². The van der Waals surface area contributed by atoms with Crippen LogP contribution in [0.3, 0.4) is 0 Å². The molecule has 2 heterocycles. The van der Waals surface area contributed by atoms with Crippen molar-refractivity contribution in [3.05, 3.63) is 11.9 Å². The van der Waals surface area contributed by atoms with Crippen LogP contribution in [0.5, 0.6) is 0 Å². The van der Waals surface area contributed by atoms with Gasteiger partial charge >= 0.3 is 0 Å². The first kappa shape index (κ1) is 13.1. The summed E-state index contributed by atoms with van der Waals surface area (Å²) >= 11 is 0. The molecule has 18 heavy (non-hydrogen) atoms. The molecule has 1 aliphatic heterocycles. The standard InChI is InChI=1S/C13H23N5/c1-9(2)4-5-15-12-6-13(17-10(3)16-12)18-11-7-14-8-11/h6,9,11,14H,4-5,7-8H2,1-3H3,(H2,15,16,17,18). The zero-order valence-corrected chi connectivity index (χ0v) is 11.5. The number of anilines is 2. The van der Waals surface area contributed by atoms with Crippen LogP contribution in [-0.4, -0.2) is 35.6 Å². The van der Waals surface area contributed by atoms with Crippen LogP contribution < -0.4 is 16.0 Å². The largest absolute Gasteiger partial charge is 0.370 e. The maximum Gasteiger partial charge on any atom is 0.132 e. The molecule has 1 aromatic rings. The summed E-state index contributed by atoms with van der Waals surface area (Å²) < 4.78 is 0. The molecule has 2 rings (SSSR count). The number of nitrogens with one attached hydrogen (secondary N) is 3. The fourth-order valence-corrected chi connectivity index (χ4v) is 1.82. The van der Waals surface area contributed by atoms with E-state index in [0.29, 0.717) is 12.0 Å². The number of aryl methyl sites for hydroxylation is 1. The van der Waals surface area contributed by atoms with Gasteiger partial charge in [-0.1, -0.05) is 13.8 Å². The van der Waals surface area contributed by atoms with Crippen LogP contribution in [0.15, 0.2) is 6.07 Å². The van der Waals surface area contributed by atoms with Crippen LogP contribution in [-0.2, 0) is 0 Å². The summed E-state index contributed by atoms with van der Waals surface area (Å²) in [6, 6.07) is 2.49. The molecule has 0 spiro atoms. The first-order valence-electron chi connectivity index (χ1n) is 6.70. The number of hydrogen-bond donors (Lipinski definition) is 3. The zero-order chi connectivity index (χ0) is 13.0. The van der Waals surface area contributed by atoms with Gasteiger partial charge in [0.2, 0.25) is 0 Å². The Balaban J connectivity index is 1.92. The fourth-order valence-electron chi connectivity index (χ4n) is 1.82. The van der Waals surface area contributed by atoms with Crippen molar-refractivity contribution in [3.8, 4) is 0 Å². The molecule has 5 nitrogen and oxygen atoms in total. The van der Waals surface area contributed by atoms with Crippen LogP contribution in [0, 0.1) is 12.8 Å². The van der Waals surface area contributed by atoms with Crippen LogP contribution in [0.2, 0.25) is 0 Å². The Morgan fingerprint density at radius 2 is 2.06 bits per heavy atom. The maximum absolute atomic E-state index is 4.41. The van der Waals surface area contributed by atoms with Gasteiger partial charge in [-0.05, 0) is 19.3 Å². The molecule has 0 unspecified atom stereocenters. The van der Waals surface area contributed by atoms with E-state index in [1.807, 2.05) is 13.0 Å².